The lowest BCUT2D eigenvalue weighted by molar-refractivity contribution is 0.383. The van der Waals surface area contributed by atoms with Gasteiger partial charge in [0.15, 0.2) is 17.0 Å². The van der Waals surface area contributed by atoms with E-state index in [2.05, 4.69) is 28.8 Å². The molecule has 0 saturated carbocycles. The van der Waals surface area contributed by atoms with Crippen molar-refractivity contribution in [2.24, 2.45) is 5.92 Å². The Bertz CT molecular complexity index is 531. The lowest BCUT2D eigenvalue weighted by Crippen LogP contribution is -2.06. The zero-order valence-corrected chi connectivity index (χ0v) is 9.60. The normalized spacial score (nSPS) is 11.5. The van der Waals surface area contributed by atoms with Crippen LogP contribution in [0.1, 0.15) is 19.7 Å². The summed E-state index contributed by atoms with van der Waals surface area (Å²) in [5.41, 5.74) is 6.79. The molecule has 16 heavy (non-hydrogen) atoms. The number of nitrogens with zero attached hydrogens (tertiary/aromatic N) is 4. The molecule has 6 nitrogen and oxygen atoms in total. The molecule has 0 aliphatic rings. The summed E-state index contributed by atoms with van der Waals surface area (Å²) in [6.07, 6.45) is 0. The second-order valence-electron chi connectivity index (χ2n) is 4.24. The van der Waals surface area contributed by atoms with E-state index >= 15 is 0 Å². The molecular formula is C10H15N5O. The van der Waals surface area contributed by atoms with Crippen LogP contribution in [0.2, 0.25) is 0 Å². The number of nitrogens with two attached hydrogens (primary N) is 1. The molecule has 2 heterocycles. The highest BCUT2D eigenvalue weighted by Crippen LogP contribution is 2.23. The van der Waals surface area contributed by atoms with Crippen molar-refractivity contribution in [3.05, 3.63) is 5.82 Å². The van der Waals surface area contributed by atoms with Gasteiger partial charge >= 0.3 is 0 Å². The molecule has 86 valence electrons. The van der Waals surface area contributed by atoms with Crippen LogP contribution in [0.25, 0.3) is 11.2 Å². The van der Waals surface area contributed by atoms with Gasteiger partial charge in [-0.25, -0.2) is 9.97 Å². The van der Waals surface area contributed by atoms with Gasteiger partial charge in [-0.2, -0.15) is 4.98 Å². The van der Waals surface area contributed by atoms with Gasteiger partial charge in [0, 0.05) is 6.54 Å². The van der Waals surface area contributed by atoms with E-state index < -0.39 is 0 Å². The minimum absolute atomic E-state index is 0.0599. The summed E-state index contributed by atoms with van der Waals surface area (Å²) in [6.45, 7) is 6.53. The third-order valence-corrected chi connectivity index (χ3v) is 2.26. The van der Waals surface area contributed by atoms with Crippen LogP contribution in [-0.2, 0) is 6.54 Å². The van der Waals surface area contributed by atoms with Crippen molar-refractivity contribution < 1.29 is 5.11 Å². The van der Waals surface area contributed by atoms with Crippen LogP contribution in [-0.4, -0.2) is 24.6 Å². The Hall–Kier alpha value is -1.85. The highest BCUT2D eigenvalue weighted by Gasteiger charge is 2.15. The van der Waals surface area contributed by atoms with Crippen molar-refractivity contribution in [1.29, 1.82) is 0 Å². The van der Waals surface area contributed by atoms with E-state index in [1.807, 2.05) is 0 Å². The van der Waals surface area contributed by atoms with Crippen LogP contribution in [0, 0.1) is 12.8 Å². The Morgan fingerprint density at radius 3 is 2.62 bits per heavy atom. The average Bonchev–Trinajstić information content (AvgIpc) is 2.45. The van der Waals surface area contributed by atoms with E-state index in [4.69, 9.17) is 5.73 Å². The van der Waals surface area contributed by atoms with Gasteiger partial charge in [0.2, 0.25) is 0 Å². The summed E-state index contributed by atoms with van der Waals surface area (Å²) >= 11 is 0. The second kappa shape index (κ2) is 3.62. The van der Waals surface area contributed by atoms with Gasteiger partial charge in [-0.05, 0) is 12.8 Å². The van der Waals surface area contributed by atoms with Crippen LogP contribution in [0.3, 0.4) is 0 Å². The summed E-state index contributed by atoms with van der Waals surface area (Å²) in [6, 6.07) is -0.0599. The first-order valence-electron chi connectivity index (χ1n) is 5.18. The molecule has 0 aliphatic heterocycles. The number of imidazole rings is 1. The fraction of sp³-hybridized carbons (Fsp3) is 0.500. The monoisotopic (exact) mass is 221 g/mol. The lowest BCUT2D eigenvalue weighted by Gasteiger charge is -2.07. The number of aromatic nitrogens is 4. The molecule has 0 radical (unpaired) electrons. The number of fused-ring (bicyclic) bond motifs is 1. The Morgan fingerprint density at radius 2 is 2.00 bits per heavy atom. The molecule has 0 bridgehead atoms. The first-order chi connectivity index (χ1) is 7.49. The van der Waals surface area contributed by atoms with Gasteiger partial charge < -0.3 is 10.8 Å². The predicted molar refractivity (Wildman–Crippen MR) is 61.0 cm³/mol. The van der Waals surface area contributed by atoms with Crippen molar-refractivity contribution in [3.63, 3.8) is 0 Å². The molecule has 2 aromatic rings. The van der Waals surface area contributed by atoms with E-state index in [0.29, 0.717) is 35.3 Å². The van der Waals surface area contributed by atoms with Crippen LogP contribution < -0.4 is 5.73 Å². The van der Waals surface area contributed by atoms with E-state index in [1.54, 1.807) is 11.5 Å². The van der Waals surface area contributed by atoms with E-state index in [1.165, 1.54) is 0 Å². The van der Waals surface area contributed by atoms with Crippen molar-refractivity contribution >= 4 is 17.0 Å². The summed E-state index contributed by atoms with van der Waals surface area (Å²) in [5, 5.41) is 9.73. The molecule has 0 fully saturated rings. The summed E-state index contributed by atoms with van der Waals surface area (Å²) < 4.78 is 1.66. The maximum atomic E-state index is 9.73. The van der Waals surface area contributed by atoms with Gasteiger partial charge in [0.25, 0.3) is 6.01 Å². The number of nitrogen functional groups attached to an aromatic ring is 1. The van der Waals surface area contributed by atoms with Gasteiger partial charge in [0.05, 0.1) is 0 Å². The SMILES string of the molecule is Cc1nc(N)c2nc(O)n(CC(C)C)c2n1. The molecule has 0 aromatic carbocycles. The maximum absolute atomic E-state index is 9.73. The molecule has 0 spiro atoms. The number of aromatic hydroxyl groups is 1. The standard InChI is InChI=1S/C10H15N5O/c1-5(2)4-15-9-7(14-10(15)16)8(11)12-6(3)13-9/h5H,4H2,1-3H3,(H,14,16)(H2,11,12,13). The van der Waals surface area contributed by atoms with Crippen molar-refractivity contribution in [2.75, 3.05) is 5.73 Å². The Balaban J connectivity index is 2.68. The quantitative estimate of drug-likeness (QED) is 0.791. The lowest BCUT2D eigenvalue weighted by atomic mass is 10.2. The topological polar surface area (TPSA) is 89.9 Å². The summed E-state index contributed by atoms with van der Waals surface area (Å²) in [4.78, 5) is 12.3. The number of rotatable bonds is 2. The average molecular weight is 221 g/mol. The smallest absolute Gasteiger partial charge is 0.296 e. The molecule has 0 aliphatic carbocycles. The Kier molecular flexibility index (Phi) is 2.41. The summed E-state index contributed by atoms with van der Waals surface area (Å²) in [7, 11) is 0. The summed E-state index contributed by atoms with van der Waals surface area (Å²) in [5.74, 6) is 1.27. The highest BCUT2D eigenvalue weighted by molar-refractivity contribution is 5.82. The third-order valence-electron chi connectivity index (χ3n) is 2.26. The van der Waals surface area contributed by atoms with Crippen LogP contribution in [0.15, 0.2) is 0 Å². The Labute approximate surface area is 93.1 Å². The van der Waals surface area contributed by atoms with Gasteiger partial charge in [-0.1, -0.05) is 13.8 Å². The van der Waals surface area contributed by atoms with Crippen molar-refractivity contribution in [3.8, 4) is 6.01 Å². The van der Waals surface area contributed by atoms with Gasteiger partial charge in [0.1, 0.15) is 5.82 Å². The maximum Gasteiger partial charge on any atom is 0.296 e. The van der Waals surface area contributed by atoms with Gasteiger partial charge in [-0.3, -0.25) is 4.57 Å². The van der Waals surface area contributed by atoms with Crippen LogP contribution in [0.5, 0.6) is 6.01 Å². The zero-order chi connectivity index (χ0) is 11.9. The molecule has 0 saturated heterocycles. The molecule has 0 unspecified atom stereocenters. The first kappa shape index (κ1) is 10.7. The fourth-order valence-electron chi connectivity index (χ4n) is 1.66. The number of aryl methyl sites for hydroxylation is 1. The zero-order valence-electron chi connectivity index (χ0n) is 9.60. The number of anilines is 1. The second-order valence-corrected chi connectivity index (χ2v) is 4.24. The number of hydrogen-bond donors (Lipinski definition) is 2. The van der Waals surface area contributed by atoms with E-state index in [-0.39, 0.29) is 6.01 Å². The van der Waals surface area contributed by atoms with E-state index in [0.717, 1.165) is 0 Å². The predicted octanol–water partition coefficient (Wildman–Crippen LogP) is 1.08. The minimum atomic E-state index is -0.0599. The highest BCUT2D eigenvalue weighted by atomic mass is 16.3. The molecule has 0 atom stereocenters. The Morgan fingerprint density at radius 1 is 1.31 bits per heavy atom. The first-order valence-corrected chi connectivity index (χ1v) is 5.18. The molecule has 2 rings (SSSR count). The van der Waals surface area contributed by atoms with Crippen LogP contribution in [0.4, 0.5) is 5.82 Å². The minimum Gasteiger partial charge on any atom is -0.480 e. The molecule has 0 amide bonds. The molecular weight excluding hydrogens is 206 g/mol. The third kappa shape index (κ3) is 1.66. The fourth-order valence-corrected chi connectivity index (χ4v) is 1.66. The molecule has 3 N–H and O–H groups in total. The van der Waals surface area contributed by atoms with Crippen molar-refractivity contribution in [1.82, 2.24) is 19.5 Å². The number of hydrogen-bond acceptors (Lipinski definition) is 5. The van der Waals surface area contributed by atoms with Crippen molar-refractivity contribution in [2.45, 2.75) is 27.3 Å². The van der Waals surface area contributed by atoms with E-state index in [9.17, 15) is 5.11 Å². The van der Waals surface area contributed by atoms with Gasteiger partial charge in [-0.15, -0.1) is 0 Å². The molecule has 2 aromatic heterocycles. The molecule has 6 heteroatoms. The largest absolute Gasteiger partial charge is 0.480 e. The van der Waals surface area contributed by atoms with Crippen LogP contribution >= 0.6 is 0 Å².